The summed E-state index contributed by atoms with van der Waals surface area (Å²) in [4.78, 5) is 29.1. The highest BCUT2D eigenvalue weighted by Gasteiger charge is 2.32. The number of rotatable bonds is 5. The predicted octanol–water partition coefficient (Wildman–Crippen LogP) is 3.46. The number of aromatic amines is 1. The molecule has 1 aliphatic rings. The Hall–Kier alpha value is -2.05. The molecule has 1 aliphatic heterocycles. The van der Waals surface area contributed by atoms with Gasteiger partial charge in [-0.1, -0.05) is 27.7 Å². The number of fused-ring (bicyclic) bond motifs is 1. The van der Waals surface area contributed by atoms with Crippen molar-refractivity contribution in [3.63, 3.8) is 0 Å². The molecule has 152 valence electrons. The van der Waals surface area contributed by atoms with Gasteiger partial charge in [0.25, 0.3) is 5.91 Å². The van der Waals surface area contributed by atoms with E-state index in [9.17, 15) is 9.59 Å². The standard InChI is InChI=1S/C20H34N4O3/c1-13(2)10-24(11-14(3)4)18(25)17-15-12-23(9-8-16(15)21-22-17)19(26)27-20(5,6)7/h13-14H,8-12H2,1-7H3,(H,21,22). The van der Waals surface area contributed by atoms with Crippen LogP contribution < -0.4 is 0 Å². The molecule has 1 N–H and O–H groups in total. The summed E-state index contributed by atoms with van der Waals surface area (Å²) >= 11 is 0. The first kappa shape index (κ1) is 21.3. The summed E-state index contributed by atoms with van der Waals surface area (Å²) in [6.45, 7) is 16.2. The van der Waals surface area contributed by atoms with Crippen LogP contribution in [0, 0.1) is 11.8 Å². The summed E-state index contributed by atoms with van der Waals surface area (Å²) in [6.07, 6.45) is 0.289. The highest BCUT2D eigenvalue weighted by atomic mass is 16.6. The van der Waals surface area contributed by atoms with Crippen LogP contribution in [0.3, 0.4) is 0 Å². The number of ether oxygens (including phenoxy) is 1. The second-order valence-electron chi connectivity index (χ2n) is 9.18. The van der Waals surface area contributed by atoms with Crippen molar-refractivity contribution in [3.8, 4) is 0 Å². The average Bonchev–Trinajstić information content (AvgIpc) is 2.94. The van der Waals surface area contributed by atoms with Crippen molar-refractivity contribution in [1.82, 2.24) is 20.0 Å². The first-order chi connectivity index (χ1) is 12.5. The van der Waals surface area contributed by atoms with Gasteiger partial charge < -0.3 is 14.5 Å². The van der Waals surface area contributed by atoms with Crippen LogP contribution in [0.15, 0.2) is 0 Å². The van der Waals surface area contributed by atoms with Crippen molar-refractivity contribution in [1.29, 1.82) is 0 Å². The fraction of sp³-hybridized carbons (Fsp3) is 0.750. The van der Waals surface area contributed by atoms with E-state index in [1.807, 2.05) is 25.7 Å². The van der Waals surface area contributed by atoms with E-state index in [4.69, 9.17) is 4.74 Å². The number of carbonyl (C=O) groups is 2. The number of H-pyrrole nitrogens is 1. The van der Waals surface area contributed by atoms with Gasteiger partial charge in [0, 0.05) is 37.3 Å². The largest absolute Gasteiger partial charge is 0.444 e. The van der Waals surface area contributed by atoms with Crippen molar-refractivity contribution in [2.24, 2.45) is 11.8 Å². The minimum absolute atomic E-state index is 0.0686. The zero-order valence-corrected chi connectivity index (χ0v) is 17.8. The van der Waals surface area contributed by atoms with Crippen molar-refractivity contribution >= 4 is 12.0 Å². The van der Waals surface area contributed by atoms with Gasteiger partial charge in [-0.05, 0) is 32.6 Å². The predicted molar refractivity (Wildman–Crippen MR) is 105 cm³/mol. The molecule has 0 saturated carbocycles. The molecule has 0 radical (unpaired) electrons. The molecule has 2 heterocycles. The van der Waals surface area contributed by atoms with Crippen LogP contribution in [-0.2, 0) is 17.7 Å². The number of hydrogen-bond donors (Lipinski definition) is 1. The van der Waals surface area contributed by atoms with Gasteiger partial charge in [-0.25, -0.2) is 4.79 Å². The van der Waals surface area contributed by atoms with Crippen LogP contribution in [0.1, 0.15) is 70.2 Å². The third kappa shape index (κ3) is 5.71. The summed E-state index contributed by atoms with van der Waals surface area (Å²) in [5, 5.41) is 7.31. The number of nitrogens with one attached hydrogen (secondary N) is 1. The second kappa shape index (κ2) is 8.31. The summed E-state index contributed by atoms with van der Waals surface area (Å²) < 4.78 is 5.48. The van der Waals surface area contributed by atoms with Crippen LogP contribution in [-0.4, -0.2) is 57.2 Å². The summed E-state index contributed by atoms with van der Waals surface area (Å²) in [5.41, 5.74) is 1.64. The van der Waals surface area contributed by atoms with Gasteiger partial charge in [-0.15, -0.1) is 0 Å². The molecule has 0 unspecified atom stereocenters. The van der Waals surface area contributed by atoms with Crippen LogP contribution in [0.2, 0.25) is 0 Å². The Morgan fingerprint density at radius 3 is 2.30 bits per heavy atom. The van der Waals surface area contributed by atoms with Crippen molar-refractivity contribution in [2.45, 2.75) is 67.0 Å². The molecule has 0 fully saturated rings. The Kier molecular flexibility index (Phi) is 6.54. The van der Waals surface area contributed by atoms with E-state index < -0.39 is 5.60 Å². The minimum Gasteiger partial charge on any atom is -0.444 e. The molecule has 1 aromatic heterocycles. The van der Waals surface area contributed by atoms with Gasteiger partial charge in [0.1, 0.15) is 5.60 Å². The van der Waals surface area contributed by atoms with Gasteiger partial charge in [-0.3, -0.25) is 9.89 Å². The molecular formula is C20H34N4O3. The SMILES string of the molecule is CC(C)CN(CC(C)C)C(=O)c1n[nH]c2c1CN(C(=O)OC(C)(C)C)CC2. The lowest BCUT2D eigenvalue weighted by molar-refractivity contribution is 0.0222. The van der Waals surface area contributed by atoms with Crippen LogP contribution >= 0.6 is 0 Å². The monoisotopic (exact) mass is 378 g/mol. The van der Waals surface area contributed by atoms with Crippen molar-refractivity contribution in [3.05, 3.63) is 17.0 Å². The third-order valence-corrected chi connectivity index (χ3v) is 4.25. The van der Waals surface area contributed by atoms with Crippen LogP contribution in [0.5, 0.6) is 0 Å². The molecule has 0 spiro atoms. The number of hydrogen-bond acceptors (Lipinski definition) is 4. The number of aromatic nitrogens is 2. The van der Waals surface area contributed by atoms with E-state index in [2.05, 4.69) is 37.9 Å². The van der Waals surface area contributed by atoms with E-state index in [1.165, 1.54) is 0 Å². The van der Waals surface area contributed by atoms with Crippen LogP contribution in [0.4, 0.5) is 4.79 Å². The number of carbonyl (C=O) groups excluding carboxylic acids is 2. The molecule has 1 aromatic rings. The Balaban J connectivity index is 2.20. The van der Waals surface area contributed by atoms with Gasteiger partial charge in [0.2, 0.25) is 0 Å². The van der Waals surface area contributed by atoms with Gasteiger partial charge in [0.15, 0.2) is 5.69 Å². The van der Waals surface area contributed by atoms with E-state index in [0.717, 1.165) is 11.3 Å². The maximum absolute atomic E-state index is 13.2. The molecule has 2 amide bonds. The first-order valence-corrected chi connectivity index (χ1v) is 9.81. The fourth-order valence-electron chi connectivity index (χ4n) is 3.23. The lowest BCUT2D eigenvalue weighted by Crippen LogP contribution is -2.41. The maximum Gasteiger partial charge on any atom is 0.410 e. The van der Waals surface area contributed by atoms with E-state index in [0.29, 0.717) is 50.1 Å². The van der Waals surface area contributed by atoms with Crippen molar-refractivity contribution < 1.29 is 14.3 Å². The molecule has 0 aliphatic carbocycles. The summed E-state index contributed by atoms with van der Waals surface area (Å²) in [5.74, 6) is 0.683. The summed E-state index contributed by atoms with van der Waals surface area (Å²) in [6, 6.07) is 0. The Morgan fingerprint density at radius 2 is 1.78 bits per heavy atom. The number of amides is 2. The third-order valence-electron chi connectivity index (χ3n) is 4.25. The van der Waals surface area contributed by atoms with Gasteiger partial charge in [-0.2, -0.15) is 5.10 Å². The molecular weight excluding hydrogens is 344 g/mol. The molecule has 27 heavy (non-hydrogen) atoms. The molecule has 7 heteroatoms. The fourth-order valence-corrected chi connectivity index (χ4v) is 3.23. The normalized spacial score (nSPS) is 14.5. The quantitative estimate of drug-likeness (QED) is 0.851. The van der Waals surface area contributed by atoms with Gasteiger partial charge in [0.05, 0.1) is 6.54 Å². The molecule has 2 rings (SSSR count). The lowest BCUT2D eigenvalue weighted by atomic mass is 10.0. The Labute approximate surface area is 162 Å². The summed E-state index contributed by atoms with van der Waals surface area (Å²) in [7, 11) is 0. The van der Waals surface area contributed by atoms with E-state index in [-0.39, 0.29) is 12.0 Å². The van der Waals surface area contributed by atoms with Gasteiger partial charge >= 0.3 is 6.09 Å². The first-order valence-electron chi connectivity index (χ1n) is 9.81. The van der Waals surface area contributed by atoms with E-state index >= 15 is 0 Å². The average molecular weight is 379 g/mol. The van der Waals surface area contributed by atoms with E-state index in [1.54, 1.807) is 4.90 Å². The zero-order chi connectivity index (χ0) is 20.4. The lowest BCUT2D eigenvalue weighted by Gasteiger charge is -2.30. The zero-order valence-electron chi connectivity index (χ0n) is 17.8. The smallest absolute Gasteiger partial charge is 0.410 e. The Bertz CT molecular complexity index is 663. The molecule has 0 saturated heterocycles. The van der Waals surface area contributed by atoms with Crippen LogP contribution in [0.25, 0.3) is 0 Å². The second-order valence-corrected chi connectivity index (χ2v) is 9.18. The molecule has 0 aromatic carbocycles. The molecule has 0 bridgehead atoms. The Morgan fingerprint density at radius 1 is 1.19 bits per heavy atom. The topological polar surface area (TPSA) is 78.5 Å². The minimum atomic E-state index is -0.544. The highest BCUT2D eigenvalue weighted by Crippen LogP contribution is 2.24. The molecule has 7 nitrogen and oxygen atoms in total. The molecule has 0 atom stereocenters. The highest BCUT2D eigenvalue weighted by molar-refractivity contribution is 5.94. The number of nitrogens with zero attached hydrogens (tertiary/aromatic N) is 3. The maximum atomic E-state index is 13.2. The van der Waals surface area contributed by atoms with Crippen molar-refractivity contribution in [2.75, 3.05) is 19.6 Å².